The molecule has 0 aromatic heterocycles. The van der Waals surface area contributed by atoms with Crippen LogP contribution in [-0.4, -0.2) is 25.0 Å². The number of nitrogens with zero attached hydrogens (tertiary/aromatic N) is 1. The Morgan fingerprint density at radius 1 is 1.45 bits per heavy atom. The van der Waals surface area contributed by atoms with Gasteiger partial charge in [0.25, 0.3) is 0 Å². The first kappa shape index (κ1) is 10.1. The second kappa shape index (κ2) is 4.11. The predicted octanol–water partition coefficient (Wildman–Crippen LogP) is 1.33. The van der Waals surface area contributed by atoms with Crippen molar-refractivity contribution < 1.29 is 13.4 Å². The zero-order chi connectivity index (χ0) is 9.02. The quantitative estimate of drug-likeness (QED) is 0.459. The molecule has 0 aliphatic heterocycles. The van der Waals surface area contributed by atoms with Gasteiger partial charge in [0.1, 0.15) is 0 Å². The van der Waals surface area contributed by atoms with Crippen LogP contribution in [0.15, 0.2) is 11.8 Å². The molecule has 0 fully saturated rings. The van der Waals surface area contributed by atoms with Crippen molar-refractivity contribution in [3.8, 4) is 0 Å². The summed E-state index contributed by atoms with van der Waals surface area (Å²) < 4.78 is 23.8. The Labute approximate surface area is 65.1 Å². The minimum atomic E-state index is -2.55. The van der Waals surface area contributed by atoms with Crippen LogP contribution >= 0.6 is 0 Å². The maximum atomic E-state index is 11.9. The van der Waals surface area contributed by atoms with Gasteiger partial charge in [-0.05, 0) is 27.0 Å². The highest BCUT2D eigenvalue weighted by Gasteiger charge is 2.20. The van der Waals surface area contributed by atoms with Gasteiger partial charge in [-0.25, -0.2) is 0 Å². The fourth-order valence-electron chi connectivity index (χ4n) is 0.550. The first-order valence-corrected chi connectivity index (χ1v) is 3.15. The summed E-state index contributed by atoms with van der Waals surface area (Å²) in [7, 11) is -1.31. The maximum Gasteiger partial charge on any atom is 0.672 e. The second-order valence-electron chi connectivity index (χ2n) is 2.28. The van der Waals surface area contributed by atoms with Gasteiger partial charge < -0.3 is 4.81 Å². The SMILES string of the molecule is CC(=O)/C=C(\C)N(C)B(F)F. The Morgan fingerprint density at radius 3 is 2.18 bits per heavy atom. The molecule has 0 aliphatic rings. The van der Waals surface area contributed by atoms with Gasteiger partial charge >= 0.3 is 7.40 Å². The molecule has 0 bridgehead atoms. The molecule has 0 N–H and O–H groups in total. The molecule has 0 aromatic carbocycles. The number of hydrogen-bond acceptors (Lipinski definition) is 2. The molecule has 0 rings (SSSR count). The van der Waals surface area contributed by atoms with E-state index in [0.29, 0.717) is 0 Å². The van der Waals surface area contributed by atoms with Crippen LogP contribution < -0.4 is 0 Å². The molecule has 0 aromatic rings. The van der Waals surface area contributed by atoms with Gasteiger partial charge in [0.05, 0.1) is 0 Å². The lowest BCUT2D eigenvalue weighted by atomic mass is 10.1. The zero-order valence-electron chi connectivity index (χ0n) is 6.77. The van der Waals surface area contributed by atoms with Crippen LogP contribution in [0, 0.1) is 0 Å². The largest absolute Gasteiger partial charge is 0.672 e. The Balaban J connectivity index is 4.23. The molecule has 0 atom stereocenters. The van der Waals surface area contributed by atoms with Crippen LogP contribution in [-0.2, 0) is 4.79 Å². The zero-order valence-corrected chi connectivity index (χ0v) is 6.77. The summed E-state index contributed by atoms with van der Waals surface area (Å²) >= 11 is 0. The Morgan fingerprint density at radius 2 is 1.91 bits per heavy atom. The lowest BCUT2D eigenvalue weighted by Crippen LogP contribution is -2.26. The first-order chi connectivity index (χ1) is 4.95. The summed E-state index contributed by atoms with van der Waals surface area (Å²) in [6.45, 7) is 2.79. The maximum absolute atomic E-state index is 11.9. The first-order valence-electron chi connectivity index (χ1n) is 3.15. The van der Waals surface area contributed by atoms with Crippen LogP contribution in [0.5, 0.6) is 0 Å². The summed E-state index contributed by atoms with van der Waals surface area (Å²) in [4.78, 5) is 11.2. The van der Waals surface area contributed by atoms with E-state index in [1.165, 1.54) is 27.0 Å². The third-order valence-corrected chi connectivity index (χ3v) is 1.26. The van der Waals surface area contributed by atoms with E-state index < -0.39 is 7.40 Å². The van der Waals surface area contributed by atoms with Gasteiger partial charge in [0.2, 0.25) is 0 Å². The Hall–Kier alpha value is -0.865. The van der Waals surface area contributed by atoms with Crippen LogP contribution in [0.4, 0.5) is 8.63 Å². The van der Waals surface area contributed by atoms with Crippen molar-refractivity contribution in [2.75, 3.05) is 7.05 Å². The molecule has 0 saturated carbocycles. The number of hydrogen-bond donors (Lipinski definition) is 0. The predicted molar refractivity (Wildman–Crippen MR) is 40.2 cm³/mol. The van der Waals surface area contributed by atoms with Gasteiger partial charge in [-0.2, -0.15) is 0 Å². The molecule has 0 spiro atoms. The average Bonchev–Trinajstić information content (AvgIpc) is 1.84. The van der Waals surface area contributed by atoms with Crippen molar-refractivity contribution in [3.63, 3.8) is 0 Å². The molecule has 0 radical (unpaired) electrons. The highest BCUT2D eigenvalue weighted by Crippen LogP contribution is 2.04. The van der Waals surface area contributed by atoms with E-state index in [1.807, 2.05) is 0 Å². The van der Waals surface area contributed by atoms with Crippen LogP contribution in [0.3, 0.4) is 0 Å². The van der Waals surface area contributed by atoms with E-state index >= 15 is 0 Å². The smallest absolute Gasteiger partial charge is 0.363 e. The van der Waals surface area contributed by atoms with Crippen LogP contribution in [0.1, 0.15) is 13.8 Å². The van der Waals surface area contributed by atoms with Crippen molar-refractivity contribution in [1.82, 2.24) is 4.81 Å². The van der Waals surface area contributed by atoms with Crippen LogP contribution in [0.25, 0.3) is 0 Å². The fraction of sp³-hybridized carbons (Fsp3) is 0.500. The van der Waals surface area contributed by atoms with Crippen molar-refractivity contribution >= 4 is 13.2 Å². The van der Waals surface area contributed by atoms with E-state index in [4.69, 9.17) is 0 Å². The van der Waals surface area contributed by atoms with Crippen molar-refractivity contribution in [2.24, 2.45) is 0 Å². The van der Waals surface area contributed by atoms with E-state index in [1.54, 1.807) is 0 Å². The molecular weight excluding hydrogens is 151 g/mol. The molecule has 11 heavy (non-hydrogen) atoms. The summed E-state index contributed by atoms with van der Waals surface area (Å²) in [5.41, 5.74) is 0.271. The van der Waals surface area contributed by atoms with Crippen molar-refractivity contribution in [1.29, 1.82) is 0 Å². The summed E-state index contributed by atoms with van der Waals surface area (Å²) in [6, 6.07) is 0. The third kappa shape index (κ3) is 3.75. The number of rotatable bonds is 3. The number of ketones is 1. The summed E-state index contributed by atoms with van der Waals surface area (Å²) in [6.07, 6.45) is 1.17. The fourth-order valence-corrected chi connectivity index (χ4v) is 0.550. The van der Waals surface area contributed by atoms with E-state index in [0.717, 1.165) is 4.81 Å². The molecular formula is C6H10BF2NO. The van der Waals surface area contributed by atoms with E-state index in [-0.39, 0.29) is 11.5 Å². The van der Waals surface area contributed by atoms with Gasteiger partial charge in [0.15, 0.2) is 5.78 Å². The van der Waals surface area contributed by atoms with Gasteiger partial charge in [-0.1, -0.05) is 0 Å². The van der Waals surface area contributed by atoms with Crippen molar-refractivity contribution in [3.05, 3.63) is 11.8 Å². The topological polar surface area (TPSA) is 20.3 Å². The highest BCUT2D eigenvalue weighted by molar-refractivity contribution is 6.39. The summed E-state index contributed by atoms with van der Waals surface area (Å²) in [5.74, 6) is -0.227. The van der Waals surface area contributed by atoms with Crippen molar-refractivity contribution in [2.45, 2.75) is 13.8 Å². The Bertz CT molecular complexity index is 181. The van der Waals surface area contributed by atoms with E-state index in [9.17, 15) is 13.4 Å². The Kier molecular flexibility index (Phi) is 3.78. The van der Waals surface area contributed by atoms with E-state index in [2.05, 4.69) is 0 Å². The monoisotopic (exact) mass is 161 g/mol. The lowest BCUT2D eigenvalue weighted by Gasteiger charge is -2.14. The molecule has 0 amide bonds. The van der Waals surface area contributed by atoms with Crippen LogP contribution in [0.2, 0.25) is 0 Å². The number of carbonyl (C=O) groups excluding carboxylic acids is 1. The normalized spacial score (nSPS) is 11.2. The minimum Gasteiger partial charge on any atom is -0.363 e. The minimum absolute atomic E-state index is 0.227. The summed E-state index contributed by atoms with van der Waals surface area (Å²) in [5, 5.41) is 0. The highest BCUT2D eigenvalue weighted by atomic mass is 19.2. The number of halogens is 2. The molecule has 2 nitrogen and oxygen atoms in total. The second-order valence-corrected chi connectivity index (χ2v) is 2.28. The van der Waals surface area contributed by atoms with Gasteiger partial charge in [-0.3, -0.25) is 13.4 Å². The standard InChI is InChI=1S/C6H10BF2NO/c1-5(4-6(2)11)10(3)7(8)9/h4H,1-3H3/b5-4+. The lowest BCUT2D eigenvalue weighted by molar-refractivity contribution is -0.112. The number of carbonyl (C=O) groups is 1. The molecule has 0 unspecified atom stereocenters. The van der Waals surface area contributed by atoms with Gasteiger partial charge in [-0.15, -0.1) is 0 Å². The number of allylic oxidation sites excluding steroid dienone is 2. The molecule has 0 aliphatic carbocycles. The molecule has 0 saturated heterocycles. The molecule has 5 heteroatoms. The average molecular weight is 161 g/mol. The molecule has 0 heterocycles. The third-order valence-electron chi connectivity index (χ3n) is 1.26. The molecule has 62 valence electrons. The van der Waals surface area contributed by atoms with Gasteiger partial charge in [0, 0.05) is 5.70 Å².